The van der Waals surface area contributed by atoms with Crippen LogP contribution in [0.1, 0.15) is 18.9 Å². The fourth-order valence-electron chi connectivity index (χ4n) is 1.05. The smallest absolute Gasteiger partial charge is 0.317 e. The molecule has 0 aliphatic heterocycles. The lowest BCUT2D eigenvalue weighted by Crippen LogP contribution is -2.01. The molecule has 4 heteroatoms. The number of esters is 1. The number of nitrogen functional groups attached to an aromatic ring is 1. The molecule has 0 saturated carbocycles. The van der Waals surface area contributed by atoms with Crippen LogP contribution < -0.4 is 5.73 Å². The van der Waals surface area contributed by atoms with Crippen molar-refractivity contribution in [1.29, 1.82) is 0 Å². The molecule has 0 atom stereocenters. The van der Waals surface area contributed by atoms with Crippen LogP contribution in [0.4, 0.5) is 10.1 Å². The van der Waals surface area contributed by atoms with E-state index in [0.29, 0.717) is 12.2 Å². The summed E-state index contributed by atoms with van der Waals surface area (Å²) < 4.78 is 17.5. The van der Waals surface area contributed by atoms with Gasteiger partial charge >= 0.3 is 5.97 Å². The van der Waals surface area contributed by atoms with Gasteiger partial charge in [-0.15, -0.1) is 0 Å². The van der Waals surface area contributed by atoms with E-state index in [1.807, 2.05) is 0 Å². The number of rotatable bonds is 2. The highest BCUT2D eigenvalue weighted by atomic mass is 19.1. The van der Waals surface area contributed by atoms with E-state index in [9.17, 15) is 9.18 Å². The van der Waals surface area contributed by atoms with E-state index in [0.717, 1.165) is 0 Å². The standard InChI is InChI=1S/C12H12FNO2/c1-2-16-12(15)5-3-4-9-6-7-10(13)11(14)8-9/h6-8H,2,5,14H2,1H3. The number of anilines is 1. The van der Waals surface area contributed by atoms with Crippen LogP contribution in [0, 0.1) is 17.7 Å². The van der Waals surface area contributed by atoms with Crippen LogP contribution in [-0.2, 0) is 9.53 Å². The lowest BCUT2D eigenvalue weighted by atomic mass is 10.2. The van der Waals surface area contributed by atoms with Gasteiger partial charge in [-0.3, -0.25) is 4.79 Å². The van der Waals surface area contributed by atoms with Crippen molar-refractivity contribution >= 4 is 11.7 Å². The Bertz CT molecular complexity index is 446. The minimum absolute atomic E-state index is 0.0190. The Labute approximate surface area is 93.4 Å². The maximum Gasteiger partial charge on any atom is 0.317 e. The van der Waals surface area contributed by atoms with Crippen molar-refractivity contribution < 1.29 is 13.9 Å². The minimum Gasteiger partial charge on any atom is -0.465 e. The largest absolute Gasteiger partial charge is 0.465 e. The predicted molar refractivity (Wildman–Crippen MR) is 58.9 cm³/mol. The molecule has 0 saturated heterocycles. The molecule has 0 amide bonds. The van der Waals surface area contributed by atoms with Crippen molar-refractivity contribution in [3.05, 3.63) is 29.6 Å². The SMILES string of the molecule is CCOC(=O)CC#Cc1ccc(F)c(N)c1. The molecule has 2 N–H and O–H groups in total. The predicted octanol–water partition coefficient (Wildman–Crippen LogP) is 1.71. The fraction of sp³-hybridized carbons (Fsp3) is 0.250. The van der Waals surface area contributed by atoms with Gasteiger partial charge in [0.25, 0.3) is 0 Å². The third-order valence-electron chi connectivity index (χ3n) is 1.77. The van der Waals surface area contributed by atoms with E-state index in [-0.39, 0.29) is 18.1 Å². The van der Waals surface area contributed by atoms with Crippen molar-refractivity contribution in [2.45, 2.75) is 13.3 Å². The van der Waals surface area contributed by atoms with Crippen molar-refractivity contribution in [2.24, 2.45) is 0 Å². The summed E-state index contributed by atoms with van der Waals surface area (Å²) >= 11 is 0. The molecule has 0 aliphatic rings. The van der Waals surface area contributed by atoms with Gasteiger partial charge in [-0.05, 0) is 25.1 Å². The maximum absolute atomic E-state index is 12.8. The zero-order valence-electron chi connectivity index (χ0n) is 8.92. The molecule has 3 nitrogen and oxygen atoms in total. The third-order valence-corrected chi connectivity index (χ3v) is 1.77. The van der Waals surface area contributed by atoms with Crippen molar-refractivity contribution in [1.82, 2.24) is 0 Å². The summed E-state index contributed by atoms with van der Waals surface area (Å²) in [5.41, 5.74) is 5.98. The van der Waals surface area contributed by atoms with Crippen molar-refractivity contribution in [3.63, 3.8) is 0 Å². The van der Waals surface area contributed by atoms with Crippen molar-refractivity contribution in [3.8, 4) is 11.8 Å². The van der Waals surface area contributed by atoms with E-state index in [1.54, 1.807) is 6.92 Å². The summed E-state index contributed by atoms with van der Waals surface area (Å²) in [6, 6.07) is 4.17. The highest BCUT2D eigenvalue weighted by Crippen LogP contribution is 2.10. The van der Waals surface area contributed by atoms with Crippen LogP contribution in [0.25, 0.3) is 0 Å². The molecule has 0 heterocycles. The van der Waals surface area contributed by atoms with Gasteiger partial charge in [0.15, 0.2) is 0 Å². The molecular formula is C12H12FNO2. The van der Waals surface area contributed by atoms with Crippen LogP contribution in [0.15, 0.2) is 18.2 Å². The lowest BCUT2D eigenvalue weighted by molar-refractivity contribution is -0.141. The first-order chi connectivity index (χ1) is 7.63. The highest BCUT2D eigenvalue weighted by molar-refractivity contribution is 5.72. The van der Waals surface area contributed by atoms with Crippen LogP contribution in [0.2, 0.25) is 0 Å². The van der Waals surface area contributed by atoms with Crippen LogP contribution in [-0.4, -0.2) is 12.6 Å². The van der Waals surface area contributed by atoms with E-state index in [1.165, 1.54) is 18.2 Å². The van der Waals surface area contributed by atoms with Crippen LogP contribution in [0.5, 0.6) is 0 Å². The molecular weight excluding hydrogens is 209 g/mol. The summed E-state index contributed by atoms with van der Waals surface area (Å²) in [5, 5.41) is 0. The van der Waals surface area contributed by atoms with Gasteiger partial charge in [-0.1, -0.05) is 11.8 Å². The molecule has 0 aliphatic carbocycles. The van der Waals surface area contributed by atoms with Gasteiger partial charge in [0.1, 0.15) is 12.2 Å². The molecule has 1 aromatic rings. The Morgan fingerprint density at radius 3 is 2.94 bits per heavy atom. The first-order valence-electron chi connectivity index (χ1n) is 4.83. The summed E-state index contributed by atoms with van der Waals surface area (Å²) in [4.78, 5) is 10.9. The van der Waals surface area contributed by atoms with E-state index in [2.05, 4.69) is 11.8 Å². The molecule has 0 unspecified atom stereocenters. The Kier molecular flexibility index (Phi) is 4.34. The highest BCUT2D eigenvalue weighted by Gasteiger charge is 1.98. The molecule has 1 aromatic carbocycles. The molecule has 0 radical (unpaired) electrons. The molecule has 0 fully saturated rings. The monoisotopic (exact) mass is 221 g/mol. The number of carbonyl (C=O) groups is 1. The second-order valence-corrected chi connectivity index (χ2v) is 3.02. The molecule has 0 bridgehead atoms. The first-order valence-corrected chi connectivity index (χ1v) is 4.83. The normalized spacial score (nSPS) is 9.12. The first kappa shape index (κ1) is 12.1. The van der Waals surface area contributed by atoms with Gasteiger partial charge in [0, 0.05) is 5.56 Å². The summed E-state index contributed by atoms with van der Waals surface area (Å²) in [7, 11) is 0. The maximum atomic E-state index is 12.8. The van der Waals surface area contributed by atoms with Crippen LogP contribution in [0.3, 0.4) is 0 Å². The minimum atomic E-state index is -0.476. The van der Waals surface area contributed by atoms with E-state index >= 15 is 0 Å². The number of ether oxygens (including phenoxy) is 1. The Balaban J connectivity index is 2.63. The summed E-state index contributed by atoms with van der Waals surface area (Å²) in [6.45, 7) is 2.07. The van der Waals surface area contributed by atoms with E-state index in [4.69, 9.17) is 10.5 Å². The zero-order chi connectivity index (χ0) is 12.0. The topological polar surface area (TPSA) is 52.3 Å². The Morgan fingerprint density at radius 1 is 1.56 bits per heavy atom. The summed E-state index contributed by atoms with van der Waals surface area (Å²) in [5.74, 6) is 4.49. The van der Waals surface area contributed by atoms with Gasteiger partial charge in [0.05, 0.1) is 12.3 Å². The number of nitrogens with two attached hydrogens (primary N) is 1. The number of hydrogen-bond donors (Lipinski definition) is 1. The van der Waals surface area contributed by atoms with E-state index < -0.39 is 5.82 Å². The van der Waals surface area contributed by atoms with Gasteiger partial charge in [0.2, 0.25) is 0 Å². The van der Waals surface area contributed by atoms with Gasteiger partial charge < -0.3 is 10.5 Å². The Morgan fingerprint density at radius 2 is 2.31 bits per heavy atom. The van der Waals surface area contributed by atoms with Crippen molar-refractivity contribution in [2.75, 3.05) is 12.3 Å². The second-order valence-electron chi connectivity index (χ2n) is 3.02. The van der Waals surface area contributed by atoms with Gasteiger partial charge in [-0.2, -0.15) is 0 Å². The molecule has 16 heavy (non-hydrogen) atoms. The fourth-order valence-corrected chi connectivity index (χ4v) is 1.05. The molecule has 84 valence electrons. The second kappa shape index (κ2) is 5.76. The quantitative estimate of drug-likeness (QED) is 0.470. The van der Waals surface area contributed by atoms with Gasteiger partial charge in [-0.25, -0.2) is 4.39 Å². The number of hydrogen-bond acceptors (Lipinski definition) is 3. The molecule has 0 spiro atoms. The lowest BCUT2D eigenvalue weighted by Gasteiger charge is -1.96. The molecule has 1 rings (SSSR count). The van der Waals surface area contributed by atoms with Crippen LogP contribution >= 0.6 is 0 Å². The number of benzene rings is 1. The molecule has 0 aromatic heterocycles. The third kappa shape index (κ3) is 3.62. The average molecular weight is 221 g/mol. The average Bonchev–Trinajstić information content (AvgIpc) is 2.24. The summed E-state index contributed by atoms with van der Waals surface area (Å²) in [6.07, 6.45) is 0.0190. The number of carbonyl (C=O) groups excluding carboxylic acids is 1. The zero-order valence-corrected chi connectivity index (χ0v) is 8.92. The Hall–Kier alpha value is -2.02. The number of halogens is 1.